The fourth-order valence-electron chi connectivity index (χ4n) is 6.25. The van der Waals surface area contributed by atoms with Gasteiger partial charge in [0.05, 0.1) is 36.2 Å². The van der Waals surface area contributed by atoms with Gasteiger partial charge >= 0.3 is 6.18 Å². The number of nitrogens with one attached hydrogen (secondary N) is 1. The number of methoxy groups -OCH3 is 1. The Morgan fingerprint density at radius 1 is 1.02 bits per heavy atom. The van der Waals surface area contributed by atoms with Crippen molar-refractivity contribution in [3.8, 4) is 28.3 Å². The third-order valence-corrected chi connectivity index (χ3v) is 8.69. The number of rotatable bonds is 8. The molecule has 49 heavy (non-hydrogen) atoms. The summed E-state index contributed by atoms with van der Waals surface area (Å²) in [5.41, 5.74) is 2.94. The summed E-state index contributed by atoms with van der Waals surface area (Å²) in [6.07, 6.45) is 0.971. The van der Waals surface area contributed by atoms with Gasteiger partial charge in [-0.15, -0.1) is 0 Å². The molecule has 3 aromatic carbocycles. The summed E-state index contributed by atoms with van der Waals surface area (Å²) in [5, 5.41) is 12.8. The number of amides is 1. The van der Waals surface area contributed by atoms with Gasteiger partial charge in [0.25, 0.3) is 0 Å². The number of halogens is 3. The van der Waals surface area contributed by atoms with Crippen LogP contribution in [0.1, 0.15) is 16.8 Å². The largest absolute Gasteiger partial charge is 0.497 e. The first-order valence-electron chi connectivity index (χ1n) is 15.5. The SMILES string of the molecule is C=CC(=O)N1CCN(c2ncnc3cc(-c4c(OCc5cnn(-c6ccc(OC)cc6)c5C(F)(F)F)ccc5[nH]ncc45)c(C)cc23)CC1. The molecule has 0 atom stereocenters. The highest BCUT2D eigenvalue weighted by atomic mass is 19.4. The number of aryl methyl sites for hydroxylation is 1. The maximum Gasteiger partial charge on any atom is 0.433 e. The lowest BCUT2D eigenvalue weighted by atomic mass is 9.95. The number of aromatic nitrogens is 6. The summed E-state index contributed by atoms with van der Waals surface area (Å²) < 4.78 is 55.6. The zero-order chi connectivity index (χ0) is 34.3. The van der Waals surface area contributed by atoms with E-state index < -0.39 is 11.9 Å². The molecule has 0 unspecified atom stereocenters. The van der Waals surface area contributed by atoms with Gasteiger partial charge in [0.15, 0.2) is 5.69 Å². The van der Waals surface area contributed by atoms with Crippen molar-refractivity contribution in [2.45, 2.75) is 19.7 Å². The molecule has 14 heteroatoms. The Balaban J connectivity index is 1.24. The first kappa shape index (κ1) is 31.7. The number of benzene rings is 3. The monoisotopic (exact) mass is 668 g/mol. The standard InChI is InChI=1S/C35H31F3N8O3/c1-4-31(47)44-11-13-45(14-12-44)34-26-15-21(2)25(16-29(26)39-20-40-34)32-27-18-41-43-28(27)9-10-30(32)49-19-22-17-42-46(33(22)35(36,37)38)23-5-7-24(48-3)8-6-23/h4-10,15-18,20H,1,11-14,19H2,2-3H3,(H,41,43). The number of hydrogen-bond donors (Lipinski definition) is 1. The van der Waals surface area contributed by atoms with Gasteiger partial charge in [-0.2, -0.15) is 23.4 Å². The van der Waals surface area contributed by atoms with Crippen LogP contribution < -0.4 is 14.4 Å². The number of carbonyl (C=O) groups excluding carboxylic acids is 1. The van der Waals surface area contributed by atoms with Crippen molar-refractivity contribution in [2.24, 2.45) is 0 Å². The van der Waals surface area contributed by atoms with Crippen LogP contribution in [0.4, 0.5) is 19.0 Å². The van der Waals surface area contributed by atoms with Crippen molar-refractivity contribution in [1.29, 1.82) is 0 Å². The Bertz CT molecular complexity index is 2190. The summed E-state index contributed by atoms with van der Waals surface area (Å²) in [6, 6.07) is 13.6. The molecule has 7 rings (SSSR count). The molecule has 1 saturated heterocycles. The van der Waals surface area contributed by atoms with Gasteiger partial charge in [0.1, 0.15) is 30.3 Å². The molecule has 0 aliphatic carbocycles. The topological polar surface area (TPSA) is 114 Å². The van der Waals surface area contributed by atoms with Crippen LogP contribution in [0.3, 0.4) is 0 Å². The van der Waals surface area contributed by atoms with Crippen LogP contribution >= 0.6 is 0 Å². The molecule has 6 aromatic rings. The molecule has 1 aliphatic rings. The molecule has 1 N–H and O–H groups in total. The summed E-state index contributed by atoms with van der Waals surface area (Å²) in [6.45, 7) is 7.45. The molecular weight excluding hydrogens is 637 g/mol. The smallest absolute Gasteiger partial charge is 0.433 e. The van der Waals surface area contributed by atoms with Crippen molar-refractivity contribution in [1.82, 2.24) is 34.8 Å². The molecule has 4 heterocycles. The maximum absolute atomic E-state index is 14.5. The number of fused-ring (bicyclic) bond motifs is 2. The lowest BCUT2D eigenvalue weighted by molar-refractivity contribution is -0.143. The molecule has 1 aliphatic heterocycles. The highest BCUT2D eigenvalue weighted by molar-refractivity contribution is 6.02. The second kappa shape index (κ2) is 12.6. The third-order valence-electron chi connectivity index (χ3n) is 8.69. The second-order valence-corrected chi connectivity index (χ2v) is 11.6. The van der Waals surface area contributed by atoms with Crippen LogP contribution in [0.25, 0.3) is 38.6 Å². The van der Waals surface area contributed by atoms with E-state index in [-0.39, 0.29) is 23.8 Å². The van der Waals surface area contributed by atoms with E-state index >= 15 is 0 Å². The van der Waals surface area contributed by atoms with Gasteiger partial charge in [-0.05, 0) is 72.7 Å². The predicted octanol–water partition coefficient (Wildman–Crippen LogP) is 6.11. The van der Waals surface area contributed by atoms with Gasteiger partial charge in [-0.25, -0.2) is 14.6 Å². The number of alkyl halides is 3. The lowest BCUT2D eigenvalue weighted by Gasteiger charge is -2.35. The Morgan fingerprint density at radius 3 is 2.51 bits per heavy atom. The highest BCUT2D eigenvalue weighted by Crippen LogP contribution is 2.41. The highest BCUT2D eigenvalue weighted by Gasteiger charge is 2.39. The Labute approximate surface area is 278 Å². The minimum absolute atomic E-state index is 0.0974. The Kier molecular flexibility index (Phi) is 8.14. The van der Waals surface area contributed by atoms with Crippen LogP contribution in [0.2, 0.25) is 0 Å². The molecule has 0 saturated carbocycles. The molecular formula is C35H31F3N8O3. The molecule has 11 nitrogen and oxygen atoms in total. The number of piperazine rings is 1. The van der Waals surface area contributed by atoms with E-state index in [1.165, 1.54) is 37.8 Å². The van der Waals surface area contributed by atoms with Crippen LogP contribution in [0.15, 0.2) is 79.9 Å². The van der Waals surface area contributed by atoms with E-state index in [2.05, 4.69) is 36.7 Å². The van der Waals surface area contributed by atoms with Crippen molar-refractivity contribution in [3.05, 3.63) is 96.7 Å². The number of nitrogens with zero attached hydrogens (tertiary/aromatic N) is 7. The quantitative estimate of drug-likeness (QED) is 0.194. The zero-order valence-electron chi connectivity index (χ0n) is 26.7. The molecule has 1 fully saturated rings. The summed E-state index contributed by atoms with van der Waals surface area (Å²) in [5.74, 6) is 1.55. The van der Waals surface area contributed by atoms with Crippen LogP contribution in [0.5, 0.6) is 11.5 Å². The summed E-state index contributed by atoms with van der Waals surface area (Å²) >= 11 is 0. The van der Waals surface area contributed by atoms with Crippen molar-refractivity contribution in [3.63, 3.8) is 0 Å². The van der Waals surface area contributed by atoms with E-state index in [1.807, 2.05) is 19.1 Å². The molecule has 3 aromatic heterocycles. The third kappa shape index (κ3) is 5.90. The fraction of sp³-hybridized carbons (Fsp3) is 0.229. The van der Waals surface area contributed by atoms with E-state index in [0.717, 1.165) is 37.9 Å². The fourth-order valence-corrected chi connectivity index (χ4v) is 6.25. The van der Waals surface area contributed by atoms with Gasteiger partial charge in [-0.1, -0.05) is 6.58 Å². The maximum atomic E-state index is 14.5. The van der Waals surface area contributed by atoms with Gasteiger partial charge < -0.3 is 19.3 Å². The minimum atomic E-state index is -4.70. The number of aromatic amines is 1. The zero-order valence-corrected chi connectivity index (χ0v) is 26.7. The van der Waals surface area contributed by atoms with Crippen LogP contribution in [-0.2, 0) is 17.6 Å². The molecule has 250 valence electrons. The van der Waals surface area contributed by atoms with E-state index in [4.69, 9.17) is 9.47 Å². The van der Waals surface area contributed by atoms with E-state index in [0.29, 0.717) is 48.8 Å². The number of hydrogen-bond acceptors (Lipinski definition) is 8. The molecule has 1 amide bonds. The van der Waals surface area contributed by atoms with Crippen LogP contribution in [0, 0.1) is 6.92 Å². The van der Waals surface area contributed by atoms with Gasteiger partial charge in [0.2, 0.25) is 5.91 Å². The van der Waals surface area contributed by atoms with Crippen LogP contribution in [-0.4, -0.2) is 74.0 Å². The van der Waals surface area contributed by atoms with E-state index in [1.54, 1.807) is 35.4 Å². The first-order chi connectivity index (χ1) is 23.7. The van der Waals surface area contributed by atoms with E-state index in [9.17, 15) is 18.0 Å². The normalized spacial score (nSPS) is 13.7. The summed E-state index contributed by atoms with van der Waals surface area (Å²) in [7, 11) is 1.48. The van der Waals surface area contributed by atoms with Crippen molar-refractivity contribution in [2.75, 3.05) is 38.2 Å². The average Bonchev–Trinajstić information content (AvgIpc) is 3.78. The predicted molar refractivity (Wildman–Crippen MR) is 178 cm³/mol. The van der Waals surface area contributed by atoms with Crippen molar-refractivity contribution < 1.29 is 27.4 Å². The number of H-pyrrole nitrogens is 1. The average molecular weight is 669 g/mol. The first-order valence-corrected chi connectivity index (χ1v) is 15.5. The van der Waals surface area contributed by atoms with Gasteiger partial charge in [0, 0.05) is 48.1 Å². The minimum Gasteiger partial charge on any atom is -0.497 e. The Hall–Kier alpha value is -5.92. The number of anilines is 1. The number of ether oxygens (including phenoxy) is 2. The van der Waals surface area contributed by atoms with Gasteiger partial charge in [-0.3, -0.25) is 9.89 Å². The number of carbonyl (C=O) groups is 1. The molecule has 0 radical (unpaired) electrons. The summed E-state index contributed by atoms with van der Waals surface area (Å²) in [4.78, 5) is 25.1. The Morgan fingerprint density at radius 2 is 1.80 bits per heavy atom. The molecule has 0 spiro atoms. The molecule has 0 bridgehead atoms. The second-order valence-electron chi connectivity index (χ2n) is 11.6. The lowest BCUT2D eigenvalue weighted by Crippen LogP contribution is -2.48. The van der Waals surface area contributed by atoms with Crippen molar-refractivity contribution >= 4 is 33.5 Å².